The highest BCUT2D eigenvalue weighted by Crippen LogP contribution is 2.38. The van der Waals surface area contributed by atoms with Gasteiger partial charge in [0.15, 0.2) is 0 Å². The number of rotatable bonds is 1. The summed E-state index contributed by atoms with van der Waals surface area (Å²) in [5.74, 6) is 0. The molecule has 3 heterocycles. The maximum atomic E-state index is 4.35. The Morgan fingerprint density at radius 2 is 2.00 bits per heavy atom. The average molecular weight is 298 g/mol. The van der Waals surface area contributed by atoms with Crippen LogP contribution in [0.15, 0.2) is 36.8 Å². The van der Waals surface area contributed by atoms with Crippen LogP contribution in [0, 0.1) is 6.92 Å². The third kappa shape index (κ3) is 1.60. The van der Waals surface area contributed by atoms with E-state index in [1.165, 1.54) is 25.7 Å². The van der Waals surface area contributed by atoms with Crippen LogP contribution in [0.4, 0.5) is 0 Å². The molecule has 0 atom stereocenters. The number of aryl methyl sites for hydroxylation is 2. The predicted molar refractivity (Wildman–Crippen MR) is 84.1 cm³/mol. The topological polar surface area (TPSA) is 29.7 Å². The van der Waals surface area contributed by atoms with E-state index >= 15 is 0 Å². The summed E-state index contributed by atoms with van der Waals surface area (Å²) in [6.45, 7) is 2.16. The molecular formula is C15H12N3S2+. The van der Waals surface area contributed by atoms with E-state index in [0.717, 1.165) is 10.2 Å². The number of aromatic nitrogens is 3. The molecule has 3 nitrogen and oxygen atoms in total. The maximum absolute atomic E-state index is 4.35. The van der Waals surface area contributed by atoms with Crippen molar-refractivity contribution in [1.82, 2.24) is 9.97 Å². The van der Waals surface area contributed by atoms with Crippen molar-refractivity contribution in [3.8, 4) is 10.6 Å². The molecule has 0 spiro atoms. The highest BCUT2D eigenvalue weighted by Gasteiger charge is 2.24. The van der Waals surface area contributed by atoms with Crippen LogP contribution >= 0.6 is 22.7 Å². The summed E-state index contributed by atoms with van der Waals surface area (Å²) in [6, 6.07) is 8.52. The van der Waals surface area contributed by atoms with E-state index in [1.54, 1.807) is 17.7 Å². The number of hydrogen-bond acceptors (Lipinski definition) is 4. The zero-order valence-electron chi connectivity index (χ0n) is 11.1. The molecule has 0 unspecified atom stereocenters. The van der Waals surface area contributed by atoms with Gasteiger partial charge in [-0.25, -0.2) is 9.97 Å². The first-order valence-electron chi connectivity index (χ1n) is 6.33. The van der Waals surface area contributed by atoms with E-state index in [-0.39, 0.29) is 0 Å². The molecule has 3 aromatic heterocycles. The van der Waals surface area contributed by atoms with Crippen molar-refractivity contribution in [3.63, 3.8) is 0 Å². The number of fused-ring (bicyclic) bond motifs is 3. The quantitative estimate of drug-likeness (QED) is 0.501. The van der Waals surface area contributed by atoms with E-state index in [4.69, 9.17) is 0 Å². The Hall–Kier alpha value is -1.85. The van der Waals surface area contributed by atoms with E-state index in [9.17, 15) is 0 Å². The fourth-order valence-corrected chi connectivity index (χ4v) is 5.03. The van der Waals surface area contributed by atoms with Gasteiger partial charge in [-0.3, -0.25) is 0 Å². The molecule has 0 saturated carbocycles. The lowest BCUT2D eigenvalue weighted by Crippen LogP contribution is -2.27. The van der Waals surface area contributed by atoms with Crippen LogP contribution in [0.2, 0.25) is 0 Å². The molecule has 5 heteroatoms. The number of benzene rings is 1. The molecule has 0 bridgehead atoms. The van der Waals surface area contributed by atoms with Gasteiger partial charge in [0.1, 0.15) is 22.9 Å². The lowest BCUT2D eigenvalue weighted by Gasteiger charge is -1.98. The summed E-state index contributed by atoms with van der Waals surface area (Å²) in [5.41, 5.74) is 2.60. The second kappa shape index (κ2) is 4.33. The molecule has 4 rings (SSSR count). The maximum Gasteiger partial charge on any atom is 0.282 e. The van der Waals surface area contributed by atoms with Gasteiger partial charge < -0.3 is 0 Å². The largest absolute Gasteiger partial charge is 0.282 e. The van der Waals surface area contributed by atoms with Gasteiger partial charge in [-0.15, -0.1) is 0 Å². The van der Waals surface area contributed by atoms with E-state index < -0.39 is 0 Å². The van der Waals surface area contributed by atoms with Gasteiger partial charge in [0.25, 0.3) is 9.84 Å². The van der Waals surface area contributed by atoms with Crippen LogP contribution in [0.25, 0.3) is 30.3 Å². The minimum Gasteiger partial charge on any atom is -0.244 e. The first-order chi connectivity index (χ1) is 9.75. The molecule has 98 valence electrons. The molecule has 0 aliphatic carbocycles. The number of thiazole rings is 1. The summed E-state index contributed by atoms with van der Waals surface area (Å²) >= 11 is 3.55. The fraction of sp³-hybridized carbons (Fsp3) is 0.133. The molecule has 4 aromatic rings. The molecule has 0 aliphatic rings. The third-order valence-electron chi connectivity index (χ3n) is 3.49. The highest BCUT2D eigenvalue weighted by atomic mass is 32.1. The molecule has 0 fully saturated rings. The zero-order valence-corrected chi connectivity index (χ0v) is 12.8. The summed E-state index contributed by atoms with van der Waals surface area (Å²) < 4.78 is 3.56. The monoisotopic (exact) mass is 298 g/mol. The van der Waals surface area contributed by atoms with Crippen molar-refractivity contribution >= 4 is 42.4 Å². The SMILES string of the molecule is Cc1ccccc1-c1sc2c3cncnc3sc2[n+]1C. The molecule has 0 aliphatic heterocycles. The summed E-state index contributed by atoms with van der Waals surface area (Å²) in [6.07, 6.45) is 3.53. The molecule has 0 N–H and O–H groups in total. The molecule has 1 aromatic carbocycles. The summed E-state index contributed by atoms with van der Waals surface area (Å²) in [7, 11) is 2.13. The smallest absolute Gasteiger partial charge is 0.244 e. The van der Waals surface area contributed by atoms with Crippen molar-refractivity contribution < 1.29 is 4.57 Å². The van der Waals surface area contributed by atoms with Gasteiger partial charge in [0.05, 0.1) is 10.9 Å². The van der Waals surface area contributed by atoms with Crippen LogP contribution in [0.5, 0.6) is 0 Å². The number of thiophene rings is 1. The van der Waals surface area contributed by atoms with Gasteiger partial charge in [-0.05, 0) is 29.9 Å². The second-order valence-electron chi connectivity index (χ2n) is 4.76. The van der Waals surface area contributed by atoms with Gasteiger partial charge in [-0.1, -0.05) is 29.5 Å². The van der Waals surface area contributed by atoms with Crippen LogP contribution in [0.3, 0.4) is 0 Å². The second-order valence-corrected chi connectivity index (χ2v) is 6.74. The Kier molecular flexibility index (Phi) is 2.58. The zero-order chi connectivity index (χ0) is 13.7. The predicted octanol–water partition coefficient (Wildman–Crippen LogP) is 3.71. The Bertz CT molecular complexity index is 937. The van der Waals surface area contributed by atoms with Crippen molar-refractivity contribution in [2.75, 3.05) is 0 Å². The molecule has 20 heavy (non-hydrogen) atoms. The van der Waals surface area contributed by atoms with Crippen molar-refractivity contribution in [2.45, 2.75) is 6.92 Å². The van der Waals surface area contributed by atoms with Crippen LogP contribution < -0.4 is 4.57 Å². The Morgan fingerprint density at radius 1 is 1.15 bits per heavy atom. The normalized spacial score (nSPS) is 11.5. The number of nitrogens with zero attached hydrogens (tertiary/aromatic N) is 3. The van der Waals surface area contributed by atoms with Gasteiger partial charge >= 0.3 is 0 Å². The Labute approximate surface area is 124 Å². The standard InChI is InChI=1S/C15H12N3S2/c1-9-5-3-4-6-10(9)14-18(2)15-12(19-14)11-7-16-8-17-13(11)20-15/h3-8H,1-2H3/q+1. The highest BCUT2D eigenvalue weighted by molar-refractivity contribution is 7.32. The van der Waals surface area contributed by atoms with Gasteiger partial charge in [0, 0.05) is 6.20 Å². The summed E-state index contributed by atoms with van der Waals surface area (Å²) in [5, 5.41) is 2.45. The summed E-state index contributed by atoms with van der Waals surface area (Å²) in [4.78, 5) is 10.8. The van der Waals surface area contributed by atoms with Crippen molar-refractivity contribution in [2.24, 2.45) is 7.05 Å². The van der Waals surface area contributed by atoms with Crippen LogP contribution in [0.1, 0.15) is 5.56 Å². The third-order valence-corrected chi connectivity index (χ3v) is 6.12. The van der Waals surface area contributed by atoms with Crippen molar-refractivity contribution in [1.29, 1.82) is 0 Å². The molecule has 0 saturated heterocycles. The minimum absolute atomic E-state index is 1.06. The first-order valence-corrected chi connectivity index (χ1v) is 7.96. The van der Waals surface area contributed by atoms with E-state index in [2.05, 4.69) is 52.8 Å². The minimum atomic E-state index is 1.06. The molecular weight excluding hydrogens is 286 g/mol. The lowest BCUT2D eigenvalue weighted by molar-refractivity contribution is -0.627. The Balaban J connectivity index is 2.07. The molecule has 0 radical (unpaired) electrons. The van der Waals surface area contributed by atoms with Gasteiger partial charge in [0.2, 0.25) is 0 Å². The molecule has 0 amide bonds. The van der Waals surface area contributed by atoms with Gasteiger partial charge in [-0.2, -0.15) is 4.57 Å². The first kappa shape index (κ1) is 11.9. The average Bonchev–Trinajstić information content (AvgIpc) is 2.97. The fourth-order valence-electron chi connectivity index (χ4n) is 2.43. The lowest BCUT2D eigenvalue weighted by atomic mass is 10.1. The van der Waals surface area contributed by atoms with Crippen LogP contribution in [-0.4, -0.2) is 9.97 Å². The number of hydrogen-bond donors (Lipinski definition) is 0. The van der Waals surface area contributed by atoms with E-state index in [1.807, 2.05) is 17.5 Å². The van der Waals surface area contributed by atoms with Crippen LogP contribution in [-0.2, 0) is 7.05 Å². The van der Waals surface area contributed by atoms with E-state index in [0.29, 0.717) is 0 Å². The Morgan fingerprint density at radius 3 is 2.85 bits per heavy atom. The van der Waals surface area contributed by atoms with Crippen molar-refractivity contribution in [3.05, 3.63) is 42.4 Å².